The van der Waals surface area contributed by atoms with Crippen molar-refractivity contribution in [2.24, 2.45) is 16.1 Å². The first-order valence-corrected chi connectivity index (χ1v) is 15.2. The SMILES string of the molecule is CC(C)(CO)C(=O)SCCOP(=O)(OCC1OC(n2cnc3c2NC(N)=NC3O)C(C)(O)C1O)N1CCOCC1. The van der Waals surface area contributed by atoms with Crippen LogP contribution in [0.5, 0.6) is 0 Å². The molecule has 2 fully saturated rings. The van der Waals surface area contributed by atoms with Crippen LogP contribution < -0.4 is 11.1 Å². The minimum Gasteiger partial charge on any atom is -0.395 e. The van der Waals surface area contributed by atoms with Crippen molar-refractivity contribution in [3.63, 3.8) is 0 Å². The van der Waals surface area contributed by atoms with E-state index in [1.165, 1.54) is 22.5 Å². The number of rotatable bonds is 11. The summed E-state index contributed by atoms with van der Waals surface area (Å²) in [5, 5.41) is 44.2. The van der Waals surface area contributed by atoms with Gasteiger partial charge in [-0.2, -0.15) is 0 Å². The van der Waals surface area contributed by atoms with Gasteiger partial charge in [0, 0.05) is 18.8 Å². The average Bonchev–Trinajstić information content (AvgIpc) is 3.43. The Hall–Kier alpha value is -1.63. The van der Waals surface area contributed by atoms with Crippen molar-refractivity contribution in [3.8, 4) is 0 Å². The second-order valence-corrected chi connectivity index (χ2v) is 13.5. The van der Waals surface area contributed by atoms with Crippen LogP contribution in [0.1, 0.15) is 38.9 Å². The monoisotopic (exact) mass is 608 g/mol. The molecule has 0 aliphatic carbocycles. The lowest BCUT2D eigenvalue weighted by Gasteiger charge is -2.33. The topological polar surface area (TPSA) is 223 Å². The Morgan fingerprint density at radius 2 is 2.05 bits per heavy atom. The number of aromatic nitrogens is 2. The smallest absolute Gasteiger partial charge is 0.395 e. The number of anilines is 1. The number of aliphatic imine (C=N–C) groups is 1. The molecule has 4 heterocycles. The molecule has 18 heteroatoms. The fourth-order valence-electron chi connectivity index (χ4n) is 4.31. The second kappa shape index (κ2) is 12.3. The molecule has 0 saturated carbocycles. The molecule has 0 aromatic carbocycles. The molecule has 3 aliphatic heterocycles. The van der Waals surface area contributed by atoms with Crippen LogP contribution in [0.3, 0.4) is 0 Å². The summed E-state index contributed by atoms with van der Waals surface area (Å²) in [6.45, 7) is 4.99. The number of ether oxygens (including phenoxy) is 2. The number of carbonyl (C=O) groups is 1. The average molecular weight is 609 g/mol. The number of guanidine groups is 1. The van der Waals surface area contributed by atoms with Crippen LogP contribution in [0.25, 0.3) is 0 Å². The van der Waals surface area contributed by atoms with Gasteiger partial charge in [0.1, 0.15) is 29.3 Å². The number of aliphatic hydroxyl groups excluding tert-OH is 3. The van der Waals surface area contributed by atoms with Gasteiger partial charge in [0.05, 0.1) is 44.8 Å². The largest absolute Gasteiger partial charge is 0.408 e. The maximum atomic E-state index is 13.9. The van der Waals surface area contributed by atoms with Crippen molar-refractivity contribution < 1.29 is 48.3 Å². The van der Waals surface area contributed by atoms with E-state index in [9.17, 15) is 29.8 Å². The number of nitrogens with two attached hydrogens (primary N) is 1. The number of thioether (sulfide) groups is 1. The Bertz CT molecular complexity index is 1140. The third-order valence-electron chi connectivity index (χ3n) is 6.84. The number of nitrogens with one attached hydrogen (secondary N) is 1. The van der Waals surface area contributed by atoms with Gasteiger partial charge >= 0.3 is 7.75 Å². The Morgan fingerprint density at radius 3 is 2.73 bits per heavy atom. The zero-order valence-corrected chi connectivity index (χ0v) is 24.2. The maximum Gasteiger partial charge on any atom is 0.408 e. The Balaban J connectivity index is 1.44. The molecule has 1 aromatic heterocycles. The van der Waals surface area contributed by atoms with Crippen LogP contribution in [0, 0.1) is 5.41 Å². The molecule has 16 nitrogen and oxygen atoms in total. The van der Waals surface area contributed by atoms with E-state index in [1.54, 1.807) is 13.8 Å². The van der Waals surface area contributed by atoms with Crippen LogP contribution in [0.4, 0.5) is 5.82 Å². The summed E-state index contributed by atoms with van der Waals surface area (Å²) in [4.78, 5) is 20.2. The second-order valence-electron chi connectivity index (χ2n) is 10.4. The molecule has 226 valence electrons. The number of imidazole rings is 1. The Morgan fingerprint density at radius 1 is 1.35 bits per heavy atom. The van der Waals surface area contributed by atoms with Crippen molar-refractivity contribution in [1.82, 2.24) is 14.2 Å². The summed E-state index contributed by atoms with van der Waals surface area (Å²) in [7, 11) is -3.93. The van der Waals surface area contributed by atoms with E-state index in [0.29, 0.717) is 13.2 Å². The molecule has 0 spiro atoms. The minimum atomic E-state index is -3.93. The lowest BCUT2D eigenvalue weighted by molar-refractivity contribution is -0.119. The molecule has 6 unspecified atom stereocenters. The lowest BCUT2D eigenvalue weighted by Crippen LogP contribution is -2.45. The quantitative estimate of drug-likeness (QED) is 0.136. The summed E-state index contributed by atoms with van der Waals surface area (Å²) in [6, 6.07) is 0. The van der Waals surface area contributed by atoms with Gasteiger partial charge in [0.25, 0.3) is 0 Å². The highest BCUT2D eigenvalue weighted by Crippen LogP contribution is 2.53. The van der Waals surface area contributed by atoms with E-state index in [2.05, 4.69) is 15.3 Å². The Labute approximate surface area is 235 Å². The van der Waals surface area contributed by atoms with Gasteiger partial charge in [0.2, 0.25) is 0 Å². The van der Waals surface area contributed by atoms with Gasteiger partial charge in [-0.15, -0.1) is 0 Å². The molecule has 0 bridgehead atoms. The predicted octanol–water partition coefficient (Wildman–Crippen LogP) is -0.625. The first-order valence-electron chi connectivity index (χ1n) is 12.7. The van der Waals surface area contributed by atoms with Gasteiger partial charge < -0.3 is 41.0 Å². The molecular weight excluding hydrogens is 571 g/mol. The number of aliphatic hydroxyl groups is 4. The molecule has 1 aromatic rings. The fourth-order valence-corrected chi connectivity index (χ4v) is 6.95. The fraction of sp³-hybridized carbons (Fsp3) is 0.773. The van der Waals surface area contributed by atoms with E-state index in [0.717, 1.165) is 11.8 Å². The van der Waals surface area contributed by atoms with E-state index in [1.807, 2.05) is 0 Å². The Kier molecular flexibility index (Phi) is 9.63. The lowest BCUT2D eigenvalue weighted by atomic mass is 9.96. The van der Waals surface area contributed by atoms with Crippen LogP contribution in [-0.2, 0) is 27.9 Å². The molecule has 4 rings (SSSR count). The van der Waals surface area contributed by atoms with E-state index < -0.39 is 50.0 Å². The molecule has 2 saturated heterocycles. The standard InChI is InChI=1S/C22H37N6O10PS/c1-21(2,11-29)19(32)40-9-8-36-39(34,27-4-6-35-7-5-27)37-10-13-15(30)22(3,33)18(38-13)28-12-24-14-16(28)25-20(23)26-17(14)31/h12-13,15,17-18,29-31,33H,4-11H2,1-3H3,(H3,23,25,26). The molecule has 6 atom stereocenters. The van der Waals surface area contributed by atoms with Crippen molar-refractivity contribution in [2.45, 2.75) is 51.0 Å². The van der Waals surface area contributed by atoms with Crippen molar-refractivity contribution in [2.75, 3.05) is 57.2 Å². The first kappa shape index (κ1) is 31.3. The van der Waals surface area contributed by atoms with E-state index >= 15 is 0 Å². The number of carbonyl (C=O) groups excluding carboxylic acids is 1. The van der Waals surface area contributed by atoms with Gasteiger partial charge in [-0.05, 0) is 20.8 Å². The van der Waals surface area contributed by atoms with Crippen molar-refractivity contribution >= 4 is 36.4 Å². The predicted molar refractivity (Wildman–Crippen MR) is 143 cm³/mol. The zero-order valence-electron chi connectivity index (χ0n) is 22.5. The molecule has 40 heavy (non-hydrogen) atoms. The molecule has 0 radical (unpaired) electrons. The molecule has 3 aliphatic rings. The number of fused-ring (bicyclic) bond motifs is 1. The first-order chi connectivity index (χ1) is 18.8. The van der Waals surface area contributed by atoms with Crippen LogP contribution in [0.2, 0.25) is 0 Å². The summed E-state index contributed by atoms with van der Waals surface area (Å²) in [6.07, 6.45) is -3.78. The van der Waals surface area contributed by atoms with Gasteiger partial charge in [-0.3, -0.25) is 18.4 Å². The molecular formula is C22H37N6O10PS. The van der Waals surface area contributed by atoms with Gasteiger partial charge in [-0.25, -0.2) is 19.2 Å². The summed E-state index contributed by atoms with van der Waals surface area (Å²) >= 11 is 0.958. The molecule has 0 amide bonds. The number of hydrogen-bond acceptors (Lipinski definition) is 15. The number of morpholine rings is 1. The minimum absolute atomic E-state index is 0.0665. The summed E-state index contributed by atoms with van der Waals surface area (Å²) in [5.41, 5.74) is 3.12. The normalized spacial score (nSPS) is 30.8. The third kappa shape index (κ3) is 6.39. The number of hydrogen-bond donors (Lipinski definition) is 6. The van der Waals surface area contributed by atoms with Crippen molar-refractivity contribution in [1.29, 1.82) is 0 Å². The van der Waals surface area contributed by atoms with E-state index in [-0.39, 0.29) is 54.6 Å². The number of nitrogens with zero attached hydrogens (tertiary/aromatic N) is 4. The zero-order chi connectivity index (χ0) is 29.3. The highest BCUT2D eigenvalue weighted by atomic mass is 32.2. The van der Waals surface area contributed by atoms with E-state index in [4.69, 9.17) is 24.3 Å². The summed E-state index contributed by atoms with van der Waals surface area (Å²) < 4.78 is 39.6. The summed E-state index contributed by atoms with van der Waals surface area (Å²) in [5.74, 6) is 0.344. The maximum absolute atomic E-state index is 13.9. The van der Waals surface area contributed by atoms with Crippen LogP contribution in [0.15, 0.2) is 11.3 Å². The van der Waals surface area contributed by atoms with Crippen LogP contribution in [-0.4, -0.2) is 115 Å². The van der Waals surface area contributed by atoms with Crippen molar-refractivity contribution in [3.05, 3.63) is 12.0 Å². The van der Waals surface area contributed by atoms with Gasteiger partial charge in [-0.1, -0.05) is 11.8 Å². The van der Waals surface area contributed by atoms with Crippen LogP contribution >= 0.6 is 19.5 Å². The third-order valence-corrected chi connectivity index (χ3v) is 10.1. The molecule has 7 N–H and O–H groups in total. The van der Waals surface area contributed by atoms with Gasteiger partial charge in [0.15, 0.2) is 23.5 Å². The highest BCUT2D eigenvalue weighted by molar-refractivity contribution is 8.13. The highest BCUT2D eigenvalue weighted by Gasteiger charge is 2.54.